The summed E-state index contributed by atoms with van der Waals surface area (Å²) in [4.78, 5) is 0. The van der Waals surface area contributed by atoms with E-state index < -0.39 is 0 Å². The Hall–Kier alpha value is -1.54. The monoisotopic (exact) mass is 724 g/mol. The van der Waals surface area contributed by atoms with Crippen molar-refractivity contribution >= 4 is 27.1 Å². The van der Waals surface area contributed by atoms with E-state index in [-0.39, 0.29) is 61.5 Å². The molecule has 4 aromatic carbocycles. The SMILES string of the molecule is CC(C)(C)c1ccc2c(c1)[cH-]c1cc(C(C)(C)C)ccc12.Cc1cc(C2=[C-]CC=C2)c(C)c(C)c1C.[Cl-].[Cl-].[Hf+4]. The van der Waals surface area contributed by atoms with Crippen molar-refractivity contribution in [3.63, 3.8) is 0 Å². The quantitative estimate of drug-likeness (QED) is 0.202. The minimum absolute atomic E-state index is 0. The second-order valence-corrected chi connectivity index (χ2v) is 12.6. The Bertz CT molecular complexity index is 1430. The normalized spacial score (nSPS) is 12.7. The number of hydrogen-bond acceptors (Lipinski definition) is 0. The number of halogens is 2. The predicted octanol–water partition coefficient (Wildman–Crippen LogP) is 4.38. The van der Waals surface area contributed by atoms with Crippen LogP contribution in [0.5, 0.6) is 0 Å². The van der Waals surface area contributed by atoms with E-state index in [9.17, 15) is 0 Å². The summed E-state index contributed by atoms with van der Waals surface area (Å²) in [5.41, 5.74) is 11.4. The van der Waals surface area contributed by atoms with Gasteiger partial charge in [-0.05, 0) is 37.2 Å². The van der Waals surface area contributed by atoms with Crippen LogP contribution in [0.3, 0.4) is 0 Å². The molecule has 4 aromatic rings. The average molecular weight is 724 g/mol. The standard InChI is InChI=1S/C21H25.C15H17.2ClH.Hf/c1-20(2,3)16-7-9-18-14(12-16)11-15-13-17(21(4,5)6)8-10-19(15)18;1-10-9-15(14-7-5-6-8-14)13(4)12(3)11(10)2;;;/h7-13H,1-6H3;5,7,9H,6H2,1-4H3;2*1H;/q2*-1;;;+4/p-2. The number of aryl methyl sites for hydroxylation is 1. The predicted molar refractivity (Wildman–Crippen MR) is 160 cm³/mol. The van der Waals surface area contributed by atoms with Gasteiger partial charge in [0.25, 0.3) is 0 Å². The first-order valence-corrected chi connectivity index (χ1v) is 13.3. The fraction of sp³-hybridized carbons (Fsp3) is 0.361. The van der Waals surface area contributed by atoms with Crippen molar-refractivity contribution in [3.05, 3.63) is 106 Å². The molecule has 0 saturated carbocycles. The maximum atomic E-state index is 3.39. The first-order valence-electron chi connectivity index (χ1n) is 13.3. The molecule has 39 heavy (non-hydrogen) atoms. The summed E-state index contributed by atoms with van der Waals surface area (Å²) < 4.78 is 0. The van der Waals surface area contributed by atoms with E-state index >= 15 is 0 Å². The van der Waals surface area contributed by atoms with Gasteiger partial charge >= 0.3 is 25.8 Å². The smallest absolute Gasteiger partial charge is 1.00 e. The molecule has 1 aliphatic rings. The Kier molecular flexibility index (Phi) is 12.2. The van der Waals surface area contributed by atoms with Crippen molar-refractivity contribution in [2.75, 3.05) is 0 Å². The fourth-order valence-electron chi connectivity index (χ4n) is 5.04. The van der Waals surface area contributed by atoms with Crippen molar-refractivity contribution in [1.82, 2.24) is 0 Å². The summed E-state index contributed by atoms with van der Waals surface area (Å²) in [5.74, 6) is 0. The van der Waals surface area contributed by atoms with Gasteiger partial charge in [0.05, 0.1) is 0 Å². The zero-order valence-corrected chi connectivity index (χ0v) is 30.3. The number of allylic oxidation sites excluding steroid dienone is 4. The summed E-state index contributed by atoms with van der Waals surface area (Å²) in [5, 5.41) is 5.48. The van der Waals surface area contributed by atoms with Gasteiger partial charge in [0.2, 0.25) is 0 Å². The van der Waals surface area contributed by atoms with Crippen LogP contribution in [0.25, 0.3) is 27.1 Å². The summed E-state index contributed by atoms with van der Waals surface area (Å²) in [6, 6.07) is 18.5. The topological polar surface area (TPSA) is 0 Å². The molecule has 0 nitrogen and oxygen atoms in total. The maximum Gasteiger partial charge on any atom is 4.00 e. The van der Waals surface area contributed by atoms with Crippen molar-refractivity contribution in [3.8, 4) is 0 Å². The van der Waals surface area contributed by atoms with E-state index in [0.717, 1.165) is 6.42 Å². The Balaban J connectivity index is 0.000000379. The van der Waals surface area contributed by atoms with Crippen molar-refractivity contribution < 1.29 is 50.7 Å². The first kappa shape index (κ1) is 35.5. The van der Waals surface area contributed by atoms with Crippen molar-refractivity contribution in [2.24, 2.45) is 0 Å². The van der Waals surface area contributed by atoms with E-state index in [1.165, 1.54) is 66.1 Å². The largest absolute Gasteiger partial charge is 4.00 e. The Labute approximate surface area is 268 Å². The summed E-state index contributed by atoms with van der Waals surface area (Å²) >= 11 is 0. The van der Waals surface area contributed by atoms with Crippen LogP contribution < -0.4 is 24.8 Å². The van der Waals surface area contributed by atoms with Crippen LogP contribution in [-0.2, 0) is 36.7 Å². The molecule has 0 spiro atoms. The zero-order chi connectivity index (χ0) is 26.4. The number of fused-ring (bicyclic) bond motifs is 3. The molecule has 0 fully saturated rings. The van der Waals surface area contributed by atoms with Crippen molar-refractivity contribution in [1.29, 1.82) is 0 Å². The van der Waals surface area contributed by atoms with Gasteiger partial charge in [0, 0.05) is 0 Å². The Morgan fingerprint density at radius 2 is 1.15 bits per heavy atom. The minimum atomic E-state index is 0. The van der Waals surface area contributed by atoms with Crippen LogP contribution in [0.1, 0.15) is 86.9 Å². The van der Waals surface area contributed by atoms with Gasteiger partial charge in [-0.1, -0.05) is 107 Å². The third-order valence-electron chi connectivity index (χ3n) is 7.90. The molecule has 0 aromatic heterocycles. The molecule has 0 bridgehead atoms. The summed E-state index contributed by atoms with van der Waals surface area (Å²) in [7, 11) is 0. The summed E-state index contributed by atoms with van der Waals surface area (Å²) in [6.07, 6.45) is 8.70. The molecule has 0 amide bonds. The van der Waals surface area contributed by atoms with Gasteiger partial charge in [0.15, 0.2) is 0 Å². The molecule has 0 heterocycles. The van der Waals surface area contributed by atoms with E-state index in [4.69, 9.17) is 0 Å². The molecule has 0 atom stereocenters. The van der Waals surface area contributed by atoms with Gasteiger partial charge in [-0.2, -0.15) is 17.7 Å². The molecular weight excluding hydrogens is 682 g/mol. The number of hydrogen-bond donors (Lipinski definition) is 0. The second kappa shape index (κ2) is 13.4. The van der Waals surface area contributed by atoms with Gasteiger partial charge in [-0.3, -0.25) is 0 Å². The Morgan fingerprint density at radius 1 is 0.667 bits per heavy atom. The third kappa shape index (κ3) is 7.60. The molecule has 204 valence electrons. The molecule has 0 radical (unpaired) electrons. The maximum absolute atomic E-state index is 3.39. The Morgan fingerprint density at radius 3 is 1.56 bits per heavy atom. The van der Waals surface area contributed by atoms with Crippen LogP contribution in [0.2, 0.25) is 0 Å². The van der Waals surface area contributed by atoms with Gasteiger partial charge in [-0.25, -0.2) is 0 Å². The molecular formula is C36H42Cl2Hf. The van der Waals surface area contributed by atoms with E-state index in [0.29, 0.717) is 0 Å². The summed E-state index contributed by atoms with van der Waals surface area (Å²) in [6.45, 7) is 22.4. The molecule has 0 saturated heterocycles. The molecule has 3 heteroatoms. The van der Waals surface area contributed by atoms with Crippen LogP contribution in [0.15, 0.2) is 60.7 Å². The van der Waals surface area contributed by atoms with E-state index in [1.54, 1.807) is 0 Å². The second-order valence-electron chi connectivity index (χ2n) is 12.6. The third-order valence-corrected chi connectivity index (χ3v) is 7.90. The fourth-order valence-corrected chi connectivity index (χ4v) is 5.04. The van der Waals surface area contributed by atoms with Crippen LogP contribution in [0.4, 0.5) is 0 Å². The van der Waals surface area contributed by atoms with Crippen LogP contribution in [0, 0.1) is 33.8 Å². The van der Waals surface area contributed by atoms with Crippen molar-refractivity contribution in [2.45, 2.75) is 86.5 Å². The van der Waals surface area contributed by atoms with Crippen LogP contribution >= 0.6 is 0 Å². The number of benzene rings is 3. The minimum Gasteiger partial charge on any atom is -1.00 e. The molecule has 0 N–H and O–H groups in total. The molecule has 0 unspecified atom stereocenters. The van der Waals surface area contributed by atoms with Gasteiger partial charge in [-0.15, -0.1) is 57.4 Å². The van der Waals surface area contributed by atoms with E-state index in [1.807, 2.05) is 0 Å². The zero-order valence-electron chi connectivity index (χ0n) is 25.2. The average Bonchev–Trinajstić information content (AvgIpc) is 3.46. The molecule has 5 rings (SSSR count). The number of rotatable bonds is 1. The first-order chi connectivity index (χ1) is 16.8. The van der Waals surface area contributed by atoms with E-state index in [2.05, 4.69) is 136 Å². The van der Waals surface area contributed by atoms with Crippen LogP contribution in [-0.4, -0.2) is 0 Å². The molecule has 0 aliphatic heterocycles. The molecule has 1 aliphatic carbocycles. The van der Waals surface area contributed by atoms with Gasteiger partial charge in [0.1, 0.15) is 0 Å². The van der Waals surface area contributed by atoms with Gasteiger partial charge < -0.3 is 24.8 Å².